The molecule has 2 nitrogen and oxygen atoms in total. The molecule has 1 fully saturated rings. The van der Waals surface area contributed by atoms with Crippen molar-refractivity contribution in [3.63, 3.8) is 0 Å². The molecule has 0 aliphatic carbocycles. The van der Waals surface area contributed by atoms with Crippen LogP contribution in [0.4, 0.5) is 0 Å². The van der Waals surface area contributed by atoms with E-state index in [4.69, 9.17) is 5.26 Å². The molecule has 0 atom stereocenters. The van der Waals surface area contributed by atoms with Gasteiger partial charge in [0.15, 0.2) is 0 Å². The highest BCUT2D eigenvalue weighted by Crippen LogP contribution is 2.27. The predicted octanol–water partition coefficient (Wildman–Crippen LogP) is 2.90. The Bertz CT molecular complexity index is 381. The van der Waals surface area contributed by atoms with E-state index in [1.54, 1.807) is 6.08 Å². The van der Waals surface area contributed by atoms with Crippen molar-refractivity contribution >= 4 is 0 Å². The lowest BCUT2D eigenvalue weighted by atomic mass is 9.90. The van der Waals surface area contributed by atoms with E-state index in [2.05, 4.69) is 35.2 Å². The van der Waals surface area contributed by atoms with E-state index in [9.17, 15) is 0 Å². The van der Waals surface area contributed by atoms with Crippen molar-refractivity contribution < 1.29 is 0 Å². The van der Waals surface area contributed by atoms with Crippen LogP contribution in [-0.2, 0) is 0 Å². The fourth-order valence-electron chi connectivity index (χ4n) is 2.25. The van der Waals surface area contributed by atoms with E-state index in [-0.39, 0.29) is 0 Å². The van der Waals surface area contributed by atoms with Gasteiger partial charge in [0.05, 0.1) is 6.07 Å². The molecule has 16 heavy (non-hydrogen) atoms. The second kappa shape index (κ2) is 5.37. The summed E-state index contributed by atoms with van der Waals surface area (Å²) < 4.78 is 0. The second-order valence-electron chi connectivity index (χ2n) is 4.17. The molecule has 0 spiro atoms. The van der Waals surface area contributed by atoms with E-state index in [1.165, 1.54) is 18.4 Å². The Hall–Kier alpha value is -1.75. The minimum atomic E-state index is 0.688. The standard InChI is InChI=1S/C14H16N2/c15-9-4-10-16-11-7-14(8-12-16)13-5-2-1-3-6-13/h1-6,10,14H,7-8,11-12H2/b10-4+. The zero-order valence-electron chi connectivity index (χ0n) is 9.34. The number of nitrogens with zero attached hydrogens (tertiary/aromatic N) is 2. The van der Waals surface area contributed by atoms with Crippen LogP contribution in [0.5, 0.6) is 0 Å². The quantitative estimate of drug-likeness (QED) is 0.705. The maximum Gasteiger partial charge on any atom is 0.0927 e. The van der Waals surface area contributed by atoms with E-state index in [0.717, 1.165) is 13.1 Å². The average Bonchev–Trinajstić information content (AvgIpc) is 2.38. The van der Waals surface area contributed by atoms with Crippen molar-refractivity contribution in [3.8, 4) is 6.07 Å². The Labute approximate surface area is 96.8 Å². The first kappa shape index (κ1) is 10.8. The minimum Gasteiger partial charge on any atom is -0.377 e. The number of hydrogen-bond acceptors (Lipinski definition) is 2. The molecule has 0 saturated carbocycles. The lowest BCUT2D eigenvalue weighted by Crippen LogP contribution is -2.28. The molecule has 1 aliphatic rings. The van der Waals surface area contributed by atoms with Crippen LogP contribution < -0.4 is 0 Å². The molecular formula is C14H16N2. The smallest absolute Gasteiger partial charge is 0.0927 e. The van der Waals surface area contributed by atoms with Gasteiger partial charge in [0.1, 0.15) is 0 Å². The zero-order valence-corrected chi connectivity index (χ0v) is 9.34. The highest BCUT2D eigenvalue weighted by Gasteiger charge is 2.18. The van der Waals surface area contributed by atoms with Gasteiger partial charge in [0.25, 0.3) is 0 Å². The van der Waals surface area contributed by atoms with Crippen LogP contribution in [0, 0.1) is 11.3 Å². The summed E-state index contributed by atoms with van der Waals surface area (Å²) in [5.74, 6) is 0.688. The highest BCUT2D eigenvalue weighted by molar-refractivity contribution is 5.20. The number of nitriles is 1. The van der Waals surface area contributed by atoms with Gasteiger partial charge >= 0.3 is 0 Å². The van der Waals surface area contributed by atoms with Gasteiger partial charge in [0, 0.05) is 25.4 Å². The number of likely N-dealkylation sites (tertiary alicyclic amines) is 1. The Morgan fingerprint density at radius 1 is 1.19 bits per heavy atom. The van der Waals surface area contributed by atoms with Crippen molar-refractivity contribution in [1.82, 2.24) is 4.90 Å². The molecule has 0 N–H and O–H groups in total. The van der Waals surface area contributed by atoms with Gasteiger partial charge in [-0.1, -0.05) is 30.3 Å². The van der Waals surface area contributed by atoms with Gasteiger partial charge in [-0.3, -0.25) is 0 Å². The van der Waals surface area contributed by atoms with Crippen molar-refractivity contribution in [2.24, 2.45) is 0 Å². The van der Waals surface area contributed by atoms with E-state index in [1.807, 2.05) is 12.3 Å². The monoisotopic (exact) mass is 212 g/mol. The first-order valence-electron chi connectivity index (χ1n) is 5.75. The fraction of sp³-hybridized carbons (Fsp3) is 0.357. The van der Waals surface area contributed by atoms with Crippen LogP contribution in [0.3, 0.4) is 0 Å². The molecule has 1 aliphatic heterocycles. The van der Waals surface area contributed by atoms with Crippen molar-refractivity contribution in [2.45, 2.75) is 18.8 Å². The van der Waals surface area contributed by atoms with Gasteiger partial charge < -0.3 is 4.90 Å². The third kappa shape index (κ3) is 2.64. The minimum absolute atomic E-state index is 0.688. The summed E-state index contributed by atoms with van der Waals surface area (Å²) in [6, 6.07) is 12.7. The number of allylic oxidation sites excluding steroid dienone is 1. The largest absolute Gasteiger partial charge is 0.377 e. The topological polar surface area (TPSA) is 27.0 Å². The molecular weight excluding hydrogens is 196 g/mol. The Kier molecular flexibility index (Phi) is 3.61. The number of hydrogen-bond donors (Lipinski definition) is 0. The van der Waals surface area contributed by atoms with E-state index >= 15 is 0 Å². The molecule has 0 aromatic heterocycles. The molecule has 2 heteroatoms. The molecule has 82 valence electrons. The molecule has 0 radical (unpaired) electrons. The zero-order chi connectivity index (χ0) is 11.2. The Morgan fingerprint density at radius 2 is 1.88 bits per heavy atom. The number of rotatable bonds is 2. The lowest BCUT2D eigenvalue weighted by Gasteiger charge is -2.31. The lowest BCUT2D eigenvalue weighted by molar-refractivity contribution is 0.284. The summed E-state index contributed by atoms with van der Waals surface area (Å²) in [7, 11) is 0. The first-order valence-corrected chi connectivity index (χ1v) is 5.75. The van der Waals surface area contributed by atoms with Gasteiger partial charge in [-0.2, -0.15) is 5.26 Å². The maximum absolute atomic E-state index is 8.46. The normalized spacial score (nSPS) is 17.6. The maximum atomic E-state index is 8.46. The first-order chi connectivity index (χ1) is 7.90. The Morgan fingerprint density at radius 3 is 2.50 bits per heavy atom. The predicted molar refractivity (Wildman–Crippen MR) is 64.7 cm³/mol. The Balaban J connectivity index is 1.91. The van der Waals surface area contributed by atoms with Gasteiger partial charge in [-0.15, -0.1) is 0 Å². The van der Waals surface area contributed by atoms with Crippen LogP contribution >= 0.6 is 0 Å². The van der Waals surface area contributed by atoms with Crippen molar-refractivity contribution in [3.05, 3.63) is 48.2 Å². The van der Waals surface area contributed by atoms with Crippen LogP contribution in [0.1, 0.15) is 24.3 Å². The number of benzene rings is 1. The van der Waals surface area contributed by atoms with E-state index < -0.39 is 0 Å². The van der Waals surface area contributed by atoms with Crippen molar-refractivity contribution in [1.29, 1.82) is 5.26 Å². The summed E-state index contributed by atoms with van der Waals surface area (Å²) >= 11 is 0. The van der Waals surface area contributed by atoms with Crippen molar-refractivity contribution in [2.75, 3.05) is 13.1 Å². The molecule has 0 bridgehead atoms. The van der Waals surface area contributed by atoms with Gasteiger partial charge in [-0.25, -0.2) is 0 Å². The van der Waals surface area contributed by atoms with Crippen LogP contribution in [0.15, 0.2) is 42.6 Å². The highest BCUT2D eigenvalue weighted by atomic mass is 15.1. The average molecular weight is 212 g/mol. The van der Waals surface area contributed by atoms with Crippen LogP contribution in [0.2, 0.25) is 0 Å². The van der Waals surface area contributed by atoms with E-state index in [0.29, 0.717) is 5.92 Å². The summed E-state index contributed by atoms with van der Waals surface area (Å²) in [6.45, 7) is 2.11. The SMILES string of the molecule is N#C/C=C/N1CCC(c2ccccc2)CC1. The third-order valence-corrected chi connectivity index (χ3v) is 3.16. The second-order valence-corrected chi connectivity index (χ2v) is 4.17. The molecule has 0 amide bonds. The molecule has 1 saturated heterocycles. The molecule has 1 aromatic rings. The summed E-state index contributed by atoms with van der Waals surface area (Å²) in [5.41, 5.74) is 1.45. The molecule has 1 aromatic carbocycles. The number of piperidine rings is 1. The third-order valence-electron chi connectivity index (χ3n) is 3.16. The summed E-state index contributed by atoms with van der Waals surface area (Å²) in [4.78, 5) is 2.22. The molecule has 0 unspecified atom stereocenters. The summed E-state index contributed by atoms with van der Waals surface area (Å²) in [6.07, 6.45) is 5.82. The fourth-order valence-corrected chi connectivity index (χ4v) is 2.25. The summed E-state index contributed by atoms with van der Waals surface area (Å²) in [5, 5.41) is 8.46. The van der Waals surface area contributed by atoms with Crippen LogP contribution in [-0.4, -0.2) is 18.0 Å². The molecule has 2 rings (SSSR count). The van der Waals surface area contributed by atoms with Crippen LogP contribution in [0.25, 0.3) is 0 Å². The molecule has 1 heterocycles. The van der Waals surface area contributed by atoms with Gasteiger partial charge in [-0.05, 0) is 24.3 Å². The van der Waals surface area contributed by atoms with Gasteiger partial charge in [0.2, 0.25) is 0 Å².